The number of amides is 3. The average Bonchev–Trinajstić information content (AvgIpc) is 3.09. The minimum atomic E-state index is -0.460. The van der Waals surface area contributed by atoms with Gasteiger partial charge in [0.2, 0.25) is 5.91 Å². The number of ether oxygens (including phenoxy) is 1. The lowest BCUT2D eigenvalue weighted by Gasteiger charge is -2.39. The zero-order valence-corrected chi connectivity index (χ0v) is 14.2. The van der Waals surface area contributed by atoms with Crippen molar-refractivity contribution in [2.24, 2.45) is 0 Å². The number of para-hydroxylation sites is 1. The summed E-state index contributed by atoms with van der Waals surface area (Å²) in [5, 5.41) is 5.78. The number of urea groups is 1. The van der Waals surface area contributed by atoms with E-state index in [2.05, 4.69) is 10.6 Å². The van der Waals surface area contributed by atoms with E-state index in [0.29, 0.717) is 24.6 Å². The fraction of sp³-hybridized carbons (Fsp3) is 0.333. The molecule has 1 aromatic heterocycles. The lowest BCUT2D eigenvalue weighted by atomic mass is 10.0. The number of furan rings is 1. The Hall–Kier alpha value is -2.96. The molecule has 2 N–H and O–H groups in total. The maximum absolute atomic E-state index is 12.6. The summed E-state index contributed by atoms with van der Waals surface area (Å²) in [5.41, 5.74) is 0.812. The smallest absolute Gasteiger partial charge is 0.318 e. The summed E-state index contributed by atoms with van der Waals surface area (Å²) in [6.45, 7) is 2.45. The van der Waals surface area contributed by atoms with Crippen LogP contribution < -0.4 is 15.4 Å². The Morgan fingerprint density at radius 1 is 1.24 bits per heavy atom. The molecule has 3 amide bonds. The number of likely N-dealkylation sites (tertiary alicyclic amines) is 1. The zero-order valence-electron chi connectivity index (χ0n) is 14.2. The molecule has 1 aliphatic heterocycles. The summed E-state index contributed by atoms with van der Waals surface area (Å²) in [7, 11) is 1.59. The first kappa shape index (κ1) is 16.9. The Kier molecular flexibility index (Phi) is 4.92. The second kappa shape index (κ2) is 7.29. The van der Waals surface area contributed by atoms with Gasteiger partial charge in [-0.1, -0.05) is 18.2 Å². The average molecular weight is 343 g/mol. The molecule has 0 saturated carbocycles. The zero-order chi connectivity index (χ0) is 17.8. The first-order valence-corrected chi connectivity index (χ1v) is 8.07. The third kappa shape index (κ3) is 3.76. The Morgan fingerprint density at radius 2 is 2.00 bits per heavy atom. The highest BCUT2D eigenvalue weighted by molar-refractivity contribution is 5.78. The minimum absolute atomic E-state index is 0.0107. The van der Waals surface area contributed by atoms with Crippen LogP contribution in [0, 0.1) is 0 Å². The number of nitrogens with one attached hydrogen (secondary N) is 2. The van der Waals surface area contributed by atoms with Crippen LogP contribution in [0.25, 0.3) is 0 Å². The lowest BCUT2D eigenvalue weighted by Crippen LogP contribution is -2.62. The largest absolute Gasteiger partial charge is 0.496 e. The van der Waals surface area contributed by atoms with Crippen LogP contribution in [0.5, 0.6) is 5.75 Å². The molecule has 1 unspecified atom stereocenters. The molecule has 7 heteroatoms. The number of carbonyl (C=O) groups is 2. The quantitative estimate of drug-likeness (QED) is 0.869. The van der Waals surface area contributed by atoms with Gasteiger partial charge >= 0.3 is 6.03 Å². The van der Waals surface area contributed by atoms with Crippen molar-refractivity contribution in [1.29, 1.82) is 0 Å². The predicted octanol–water partition coefficient (Wildman–Crippen LogP) is 1.91. The topological polar surface area (TPSA) is 83.8 Å². The van der Waals surface area contributed by atoms with Crippen molar-refractivity contribution in [1.82, 2.24) is 15.5 Å². The van der Waals surface area contributed by atoms with Gasteiger partial charge in [-0.25, -0.2) is 4.79 Å². The molecule has 0 radical (unpaired) electrons. The van der Waals surface area contributed by atoms with Gasteiger partial charge in [-0.15, -0.1) is 0 Å². The monoisotopic (exact) mass is 343 g/mol. The molecular weight excluding hydrogens is 322 g/mol. The standard InChI is InChI=1S/C18H21N3O4/c1-12(22)19-13-10-21(11-13)18(23)20-17(16-8-5-9-25-16)14-6-3-4-7-15(14)24-2/h3-9,13,17H,10-11H2,1-2H3,(H,19,22)(H,20,23). The van der Waals surface area contributed by atoms with Gasteiger partial charge in [-0.3, -0.25) is 4.79 Å². The Balaban J connectivity index is 1.74. The summed E-state index contributed by atoms with van der Waals surface area (Å²) >= 11 is 0. The molecule has 0 bridgehead atoms. The highest BCUT2D eigenvalue weighted by Gasteiger charge is 2.33. The minimum Gasteiger partial charge on any atom is -0.496 e. The van der Waals surface area contributed by atoms with Gasteiger partial charge in [0.15, 0.2) is 0 Å². The van der Waals surface area contributed by atoms with Gasteiger partial charge < -0.3 is 24.7 Å². The highest BCUT2D eigenvalue weighted by atomic mass is 16.5. The molecule has 0 aliphatic carbocycles. The van der Waals surface area contributed by atoms with Gasteiger partial charge in [0.1, 0.15) is 17.6 Å². The van der Waals surface area contributed by atoms with Crippen molar-refractivity contribution in [2.45, 2.75) is 19.0 Å². The molecule has 1 aliphatic rings. The molecule has 132 valence electrons. The maximum Gasteiger partial charge on any atom is 0.318 e. The number of nitrogens with zero attached hydrogens (tertiary/aromatic N) is 1. The first-order chi connectivity index (χ1) is 12.1. The molecule has 1 fully saturated rings. The molecule has 7 nitrogen and oxygen atoms in total. The molecule has 2 heterocycles. The van der Waals surface area contributed by atoms with E-state index in [-0.39, 0.29) is 18.0 Å². The Morgan fingerprint density at radius 3 is 2.64 bits per heavy atom. The van der Waals surface area contributed by atoms with Crippen LogP contribution >= 0.6 is 0 Å². The summed E-state index contributed by atoms with van der Waals surface area (Å²) in [4.78, 5) is 25.3. The van der Waals surface area contributed by atoms with E-state index >= 15 is 0 Å². The van der Waals surface area contributed by atoms with Crippen molar-refractivity contribution in [2.75, 3.05) is 20.2 Å². The van der Waals surface area contributed by atoms with Crippen molar-refractivity contribution in [3.8, 4) is 5.75 Å². The van der Waals surface area contributed by atoms with Gasteiger partial charge in [-0.05, 0) is 18.2 Å². The van der Waals surface area contributed by atoms with E-state index in [1.165, 1.54) is 6.92 Å². The molecule has 2 aromatic rings. The molecule has 1 aromatic carbocycles. The van der Waals surface area contributed by atoms with Gasteiger partial charge in [0, 0.05) is 25.6 Å². The van der Waals surface area contributed by atoms with Crippen molar-refractivity contribution in [3.05, 3.63) is 54.0 Å². The fourth-order valence-corrected chi connectivity index (χ4v) is 2.90. The normalized spacial score (nSPS) is 15.2. The van der Waals surface area contributed by atoms with Crippen LogP contribution in [0.15, 0.2) is 47.1 Å². The molecule has 3 rings (SSSR count). The van der Waals surface area contributed by atoms with Crippen LogP contribution in [0.4, 0.5) is 4.79 Å². The van der Waals surface area contributed by atoms with E-state index in [1.54, 1.807) is 24.3 Å². The summed E-state index contributed by atoms with van der Waals surface area (Å²) in [6.07, 6.45) is 1.57. The third-order valence-corrected chi connectivity index (χ3v) is 4.12. The van der Waals surface area contributed by atoms with Gasteiger partial charge in [0.25, 0.3) is 0 Å². The van der Waals surface area contributed by atoms with Crippen LogP contribution in [-0.4, -0.2) is 43.1 Å². The molecule has 1 atom stereocenters. The SMILES string of the molecule is COc1ccccc1C(NC(=O)N1CC(NC(C)=O)C1)c1ccco1. The predicted molar refractivity (Wildman–Crippen MR) is 91.3 cm³/mol. The van der Waals surface area contributed by atoms with Crippen LogP contribution in [-0.2, 0) is 4.79 Å². The first-order valence-electron chi connectivity index (χ1n) is 8.07. The van der Waals surface area contributed by atoms with E-state index in [0.717, 1.165) is 5.56 Å². The van der Waals surface area contributed by atoms with Gasteiger partial charge in [0.05, 0.1) is 19.4 Å². The number of hydrogen-bond donors (Lipinski definition) is 2. The maximum atomic E-state index is 12.6. The van der Waals surface area contributed by atoms with E-state index in [9.17, 15) is 9.59 Å². The number of carbonyl (C=O) groups excluding carboxylic acids is 2. The highest BCUT2D eigenvalue weighted by Crippen LogP contribution is 2.30. The number of hydrogen-bond acceptors (Lipinski definition) is 4. The van der Waals surface area contributed by atoms with Crippen molar-refractivity contribution >= 4 is 11.9 Å². The number of benzene rings is 1. The summed E-state index contributed by atoms with van der Waals surface area (Å²) < 4.78 is 10.9. The second-order valence-corrected chi connectivity index (χ2v) is 5.94. The van der Waals surface area contributed by atoms with E-state index in [4.69, 9.17) is 9.15 Å². The van der Waals surface area contributed by atoms with Crippen LogP contribution in [0.1, 0.15) is 24.3 Å². The van der Waals surface area contributed by atoms with Crippen molar-refractivity contribution < 1.29 is 18.7 Å². The Bertz CT molecular complexity index is 739. The lowest BCUT2D eigenvalue weighted by molar-refractivity contribution is -0.120. The summed E-state index contributed by atoms with van der Waals surface area (Å²) in [5.74, 6) is 1.20. The molecule has 25 heavy (non-hydrogen) atoms. The molecule has 0 spiro atoms. The third-order valence-electron chi connectivity index (χ3n) is 4.12. The second-order valence-electron chi connectivity index (χ2n) is 5.94. The Labute approximate surface area is 145 Å². The molecular formula is C18H21N3O4. The number of methoxy groups -OCH3 is 1. The van der Waals surface area contributed by atoms with Crippen LogP contribution in [0.3, 0.4) is 0 Å². The van der Waals surface area contributed by atoms with E-state index < -0.39 is 6.04 Å². The number of rotatable bonds is 5. The summed E-state index contributed by atoms with van der Waals surface area (Å²) in [6, 6.07) is 10.4. The van der Waals surface area contributed by atoms with Crippen molar-refractivity contribution in [3.63, 3.8) is 0 Å². The fourth-order valence-electron chi connectivity index (χ4n) is 2.90. The van der Waals surface area contributed by atoms with Crippen LogP contribution in [0.2, 0.25) is 0 Å². The van der Waals surface area contributed by atoms with E-state index in [1.807, 2.05) is 30.3 Å². The van der Waals surface area contributed by atoms with Gasteiger partial charge in [-0.2, -0.15) is 0 Å². The molecule has 1 saturated heterocycles.